The lowest BCUT2D eigenvalue weighted by Crippen LogP contribution is -1.99. The highest BCUT2D eigenvalue weighted by atomic mass is 32.1. The molecule has 2 aromatic carbocycles. The molecule has 2 aromatic heterocycles. The molecule has 21 heavy (non-hydrogen) atoms. The van der Waals surface area contributed by atoms with Crippen molar-refractivity contribution >= 4 is 38.1 Å². The van der Waals surface area contributed by atoms with E-state index in [-0.39, 0.29) is 11.6 Å². The van der Waals surface area contributed by atoms with Gasteiger partial charge in [0.2, 0.25) is 0 Å². The smallest absolute Gasteiger partial charge is 0.196 e. The van der Waals surface area contributed by atoms with E-state index in [2.05, 4.69) is 4.98 Å². The van der Waals surface area contributed by atoms with E-state index in [1.165, 1.54) is 17.4 Å². The number of carbonyl (C=O) groups is 1. The number of aromatic nitrogens is 1. The molecule has 4 heteroatoms. The normalized spacial score (nSPS) is 11.3. The number of ketones is 1. The molecule has 1 N–H and O–H groups in total. The molecule has 0 amide bonds. The topological polar surface area (TPSA) is 32.9 Å². The number of carbonyl (C=O) groups excluding carboxylic acids is 1. The average molecular weight is 295 g/mol. The fourth-order valence-electron chi connectivity index (χ4n) is 2.62. The quantitative estimate of drug-likeness (QED) is 0.532. The zero-order valence-corrected chi connectivity index (χ0v) is 11.7. The van der Waals surface area contributed by atoms with E-state index in [0.29, 0.717) is 22.0 Å². The van der Waals surface area contributed by atoms with Crippen LogP contribution in [-0.2, 0) is 0 Å². The zero-order valence-electron chi connectivity index (χ0n) is 10.9. The van der Waals surface area contributed by atoms with Gasteiger partial charge in [-0.25, -0.2) is 4.39 Å². The van der Waals surface area contributed by atoms with Crippen molar-refractivity contribution in [1.29, 1.82) is 0 Å². The molecule has 0 fully saturated rings. The summed E-state index contributed by atoms with van der Waals surface area (Å²) < 4.78 is 15.1. The van der Waals surface area contributed by atoms with Gasteiger partial charge >= 0.3 is 0 Å². The number of nitrogens with one attached hydrogen (secondary N) is 1. The van der Waals surface area contributed by atoms with Gasteiger partial charge in [0.05, 0.1) is 5.56 Å². The highest BCUT2D eigenvalue weighted by Gasteiger charge is 2.19. The summed E-state index contributed by atoms with van der Waals surface area (Å²) in [6.45, 7) is 0. The second-order valence-electron chi connectivity index (χ2n) is 4.84. The highest BCUT2D eigenvalue weighted by Crippen LogP contribution is 2.30. The van der Waals surface area contributed by atoms with Crippen LogP contribution < -0.4 is 0 Å². The molecule has 0 saturated carbocycles. The molecule has 0 aliphatic heterocycles. The Morgan fingerprint density at radius 1 is 1.05 bits per heavy atom. The molecular weight excluding hydrogens is 285 g/mol. The number of halogens is 1. The van der Waals surface area contributed by atoms with Gasteiger partial charge in [-0.15, -0.1) is 11.3 Å². The molecule has 0 saturated heterocycles. The Morgan fingerprint density at radius 3 is 2.81 bits per heavy atom. The first-order chi connectivity index (χ1) is 10.3. The molecule has 2 heterocycles. The molecule has 0 unspecified atom stereocenters. The Bertz CT molecular complexity index is 983. The van der Waals surface area contributed by atoms with E-state index in [0.717, 1.165) is 10.1 Å². The second kappa shape index (κ2) is 4.53. The van der Waals surface area contributed by atoms with E-state index in [1.54, 1.807) is 18.3 Å². The van der Waals surface area contributed by atoms with E-state index in [1.807, 2.05) is 29.6 Å². The van der Waals surface area contributed by atoms with Gasteiger partial charge in [0.1, 0.15) is 5.82 Å². The first kappa shape index (κ1) is 12.3. The van der Waals surface area contributed by atoms with Crippen LogP contribution in [0.4, 0.5) is 4.39 Å². The SMILES string of the molecule is O=C(c1csc2ccccc12)c1c[nH]c2cccc(F)c12. The van der Waals surface area contributed by atoms with Gasteiger partial charge in [-0.2, -0.15) is 0 Å². The van der Waals surface area contributed by atoms with Crippen LogP contribution in [0.5, 0.6) is 0 Å². The van der Waals surface area contributed by atoms with Gasteiger partial charge < -0.3 is 4.98 Å². The van der Waals surface area contributed by atoms with Gasteiger partial charge in [-0.1, -0.05) is 24.3 Å². The highest BCUT2D eigenvalue weighted by molar-refractivity contribution is 7.17. The lowest BCUT2D eigenvalue weighted by molar-refractivity contribution is 0.104. The van der Waals surface area contributed by atoms with E-state index in [9.17, 15) is 9.18 Å². The van der Waals surface area contributed by atoms with Gasteiger partial charge in [0.25, 0.3) is 0 Å². The number of thiophene rings is 1. The number of benzene rings is 2. The van der Waals surface area contributed by atoms with Crippen LogP contribution in [0.3, 0.4) is 0 Å². The molecule has 2 nitrogen and oxygen atoms in total. The van der Waals surface area contributed by atoms with Gasteiger partial charge in [-0.3, -0.25) is 4.79 Å². The second-order valence-corrected chi connectivity index (χ2v) is 5.75. The van der Waals surface area contributed by atoms with Crippen molar-refractivity contribution in [2.75, 3.05) is 0 Å². The summed E-state index contributed by atoms with van der Waals surface area (Å²) in [5, 5.41) is 3.11. The van der Waals surface area contributed by atoms with Crippen molar-refractivity contribution in [3.63, 3.8) is 0 Å². The monoisotopic (exact) mass is 295 g/mol. The van der Waals surface area contributed by atoms with E-state index >= 15 is 0 Å². The van der Waals surface area contributed by atoms with Crippen molar-refractivity contribution in [3.8, 4) is 0 Å². The predicted octanol–water partition coefficient (Wildman–Crippen LogP) is 4.75. The Balaban J connectivity index is 1.95. The van der Waals surface area contributed by atoms with Crippen molar-refractivity contribution in [2.24, 2.45) is 0 Å². The third-order valence-electron chi connectivity index (χ3n) is 3.63. The molecular formula is C17H10FNOS. The molecule has 0 radical (unpaired) electrons. The maximum absolute atomic E-state index is 14.0. The first-order valence-corrected chi connectivity index (χ1v) is 7.40. The lowest BCUT2D eigenvalue weighted by atomic mass is 10.0. The fourth-order valence-corrected chi connectivity index (χ4v) is 3.56. The number of hydrogen-bond acceptors (Lipinski definition) is 2. The number of aromatic amines is 1. The van der Waals surface area contributed by atoms with Crippen LogP contribution in [-0.4, -0.2) is 10.8 Å². The van der Waals surface area contributed by atoms with Gasteiger partial charge in [-0.05, 0) is 18.2 Å². The maximum atomic E-state index is 14.0. The third-order valence-corrected chi connectivity index (χ3v) is 4.59. The first-order valence-electron chi connectivity index (χ1n) is 6.52. The van der Waals surface area contributed by atoms with Crippen LogP contribution in [0, 0.1) is 5.82 Å². The fraction of sp³-hybridized carbons (Fsp3) is 0. The average Bonchev–Trinajstić information content (AvgIpc) is 3.11. The van der Waals surface area contributed by atoms with Crippen molar-refractivity contribution in [2.45, 2.75) is 0 Å². The van der Waals surface area contributed by atoms with Crippen LogP contribution in [0.1, 0.15) is 15.9 Å². The predicted molar refractivity (Wildman–Crippen MR) is 83.5 cm³/mol. The van der Waals surface area contributed by atoms with Crippen molar-refractivity contribution in [1.82, 2.24) is 4.98 Å². The van der Waals surface area contributed by atoms with E-state index in [4.69, 9.17) is 0 Å². The largest absolute Gasteiger partial charge is 0.360 e. The molecule has 102 valence electrons. The Morgan fingerprint density at radius 2 is 1.90 bits per heavy atom. The summed E-state index contributed by atoms with van der Waals surface area (Å²) in [6, 6.07) is 12.5. The number of H-pyrrole nitrogens is 1. The summed E-state index contributed by atoms with van der Waals surface area (Å²) >= 11 is 1.52. The summed E-state index contributed by atoms with van der Waals surface area (Å²) in [5.41, 5.74) is 1.64. The van der Waals surface area contributed by atoms with Crippen LogP contribution >= 0.6 is 11.3 Å². The summed E-state index contributed by atoms with van der Waals surface area (Å²) in [4.78, 5) is 15.7. The zero-order chi connectivity index (χ0) is 14.4. The molecule has 0 aliphatic carbocycles. The standard InChI is InChI=1S/C17H10FNOS/c18-13-5-3-6-14-16(13)11(8-19-14)17(20)12-9-21-15-7-2-1-4-10(12)15/h1-9,19H. The van der Waals surface area contributed by atoms with Crippen molar-refractivity contribution in [3.05, 3.63) is 71.0 Å². The molecule has 0 bridgehead atoms. The number of hydrogen-bond donors (Lipinski definition) is 1. The van der Waals surface area contributed by atoms with Crippen LogP contribution in [0.15, 0.2) is 54.0 Å². The van der Waals surface area contributed by atoms with Gasteiger partial charge in [0.15, 0.2) is 5.78 Å². The van der Waals surface area contributed by atoms with Gasteiger partial charge in [0, 0.05) is 38.1 Å². The summed E-state index contributed by atoms with van der Waals surface area (Å²) in [7, 11) is 0. The Hall–Kier alpha value is -2.46. The maximum Gasteiger partial charge on any atom is 0.196 e. The lowest BCUT2D eigenvalue weighted by Gasteiger charge is -1.99. The Labute approximate surface area is 123 Å². The number of rotatable bonds is 2. The number of fused-ring (bicyclic) bond motifs is 2. The molecule has 0 atom stereocenters. The minimum absolute atomic E-state index is 0.149. The van der Waals surface area contributed by atoms with Crippen LogP contribution in [0.2, 0.25) is 0 Å². The molecule has 4 aromatic rings. The third kappa shape index (κ3) is 1.80. The summed E-state index contributed by atoms with van der Waals surface area (Å²) in [5.74, 6) is -0.527. The Kier molecular flexibility index (Phi) is 2.65. The minimum atomic E-state index is -0.378. The van der Waals surface area contributed by atoms with Crippen molar-refractivity contribution < 1.29 is 9.18 Å². The minimum Gasteiger partial charge on any atom is -0.360 e. The molecule has 4 rings (SSSR count). The molecule has 0 aliphatic rings. The van der Waals surface area contributed by atoms with Crippen LogP contribution in [0.25, 0.3) is 21.0 Å². The van der Waals surface area contributed by atoms with E-state index < -0.39 is 0 Å². The molecule has 0 spiro atoms. The summed E-state index contributed by atoms with van der Waals surface area (Å²) in [6.07, 6.45) is 1.59.